The normalized spacial score (nSPS) is 16.5. The number of amides is 1. The number of thioether (sulfide) groups is 1. The highest BCUT2D eigenvalue weighted by atomic mass is 35.5. The van der Waals surface area contributed by atoms with Crippen LogP contribution in [0.15, 0.2) is 68.9 Å². The monoisotopic (exact) mass is 472 g/mol. The summed E-state index contributed by atoms with van der Waals surface area (Å²) < 4.78 is 11.1. The Labute approximate surface area is 194 Å². The molecule has 1 amide bonds. The number of furan rings is 1. The predicted octanol–water partition coefficient (Wildman–Crippen LogP) is 6.89. The molecule has 0 unspecified atom stereocenters. The minimum absolute atomic E-state index is 0.109. The number of benzene rings is 2. The van der Waals surface area contributed by atoms with Crippen LogP contribution in [-0.2, 0) is 4.79 Å². The van der Waals surface area contributed by atoms with Crippen LogP contribution in [0.2, 0.25) is 10.0 Å². The minimum Gasteiger partial charge on any atom is -0.497 e. The van der Waals surface area contributed by atoms with Gasteiger partial charge in [0.15, 0.2) is 5.17 Å². The Morgan fingerprint density at radius 2 is 1.90 bits per heavy atom. The lowest BCUT2D eigenvalue weighted by molar-refractivity contribution is -0.122. The Balaban J connectivity index is 1.60. The Bertz CT molecular complexity index is 1190. The molecule has 0 radical (unpaired) electrons. The number of carbonyl (C=O) groups is 1. The van der Waals surface area contributed by atoms with E-state index < -0.39 is 0 Å². The van der Waals surface area contributed by atoms with Crippen molar-refractivity contribution in [2.24, 2.45) is 4.99 Å². The van der Waals surface area contributed by atoms with Gasteiger partial charge in [0.1, 0.15) is 17.3 Å². The molecule has 0 spiro atoms. The number of ether oxygens (including phenoxy) is 1. The number of nitrogens with zero attached hydrogens (tertiary/aromatic N) is 2. The molecule has 1 fully saturated rings. The summed E-state index contributed by atoms with van der Waals surface area (Å²) in [7, 11) is 1.61. The van der Waals surface area contributed by atoms with Crippen molar-refractivity contribution >= 4 is 57.8 Å². The standard InChI is InChI=1S/C23H18Cl2N2O3S/c1-3-27-22(28)21(31-23(27)26-15-5-7-16(29-2)8-6-15)13-17-9-11-20(30-17)18-10-4-14(24)12-19(18)25/h4-13H,3H2,1-2H3/b21-13-,26-23?. The molecule has 1 aliphatic heterocycles. The van der Waals surface area contributed by atoms with Crippen LogP contribution in [-0.4, -0.2) is 29.6 Å². The van der Waals surface area contributed by atoms with Crippen LogP contribution in [0.3, 0.4) is 0 Å². The van der Waals surface area contributed by atoms with E-state index in [1.54, 1.807) is 42.4 Å². The van der Waals surface area contributed by atoms with Crippen LogP contribution in [0.4, 0.5) is 5.69 Å². The summed E-state index contributed by atoms with van der Waals surface area (Å²) in [5.74, 6) is 1.80. The molecule has 1 aliphatic rings. The average Bonchev–Trinajstić information content (AvgIpc) is 3.33. The first-order valence-corrected chi connectivity index (χ1v) is 11.0. The molecule has 4 rings (SSSR count). The van der Waals surface area contributed by atoms with Gasteiger partial charge >= 0.3 is 0 Å². The minimum atomic E-state index is -0.109. The first-order chi connectivity index (χ1) is 15.0. The summed E-state index contributed by atoms with van der Waals surface area (Å²) in [5.41, 5.74) is 1.48. The summed E-state index contributed by atoms with van der Waals surface area (Å²) in [4.78, 5) is 19.7. The largest absolute Gasteiger partial charge is 0.497 e. The van der Waals surface area contributed by atoms with Gasteiger partial charge in [-0.2, -0.15) is 0 Å². The summed E-state index contributed by atoms with van der Waals surface area (Å²) in [6, 6.07) is 16.2. The third-order valence-electron chi connectivity index (χ3n) is 4.60. The number of amidine groups is 1. The molecule has 1 aromatic heterocycles. The van der Waals surface area contributed by atoms with E-state index in [4.69, 9.17) is 32.4 Å². The van der Waals surface area contributed by atoms with Gasteiger partial charge in [0.2, 0.25) is 0 Å². The van der Waals surface area contributed by atoms with Crippen molar-refractivity contribution in [1.82, 2.24) is 4.90 Å². The maximum Gasteiger partial charge on any atom is 0.266 e. The van der Waals surface area contributed by atoms with Crippen LogP contribution in [0.25, 0.3) is 17.4 Å². The molecule has 8 heteroatoms. The van der Waals surface area contributed by atoms with Gasteiger partial charge in [-0.3, -0.25) is 9.69 Å². The first kappa shape index (κ1) is 21.6. The summed E-state index contributed by atoms with van der Waals surface area (Å²) >= 11 is 13.6. The lowest BCUT2D eigenvalue weighted by Crippen LogP contribution is -2.28. The van der Waals surface area contributed by atoms with E-state index in [2.05, 4.69) is 4.99 Å². The zero-order valence-corrected chi connectivity index (χ0v) is 19.1. The maximum absolute atomic E-state index is 12.9. The second-order valence-electron chi connectivity index (χ2n) is 6.58. The average molecular weight is 473 g/mol. The van der Waals surface area contributed by atoms with Gasteiger partial charge in [-0.25, -0.2) is 4.99 Å². The molecule has 5 nitrogen and oxygen atoms in total. The predicted molar refractivity (Wildman–Crippen MR) is 127 cm³/mol. The third-order valence-corrected chi connectivity index (χ3v) is 6.15. The molecule has 0 N–H and O–H groups in total. The summed E-state index contributed by atoms with van der Waals surface area (Å²) in [5, 5.41) is 1.67. The van der Waals surface area contributed by atoms with E-state index in [0.29, 0.717) is 38.2 Å². The Hall–Kier alpha value is -2.67. The topological polar surface area (TPSA) is 55.0 Å². The molecule has 0 saturated carbocycles. The second kappa shape index (κ2) is 9.22. The van der Waals surface area contributed by atoms with Gasteiger partial charge in [0, 0.05) is 23.2 Å². The molecule has 158 valence electrons. The van der Waals surface area contributed by atoms with E-state index in [9.17, 15) is 4.79 Å². The quantitative estimate of drug-likeness (QED) is 0.379. The second-order valence-corrected chi connectivity index (χ2v) is 8.43. The van der Waals surface area contributed by atoms with Gasteiger partial charge in [0.05, 0.1) is 22.7 Å². The zero-order valence-electron chi connectivity index (χ0n) is 16.8. The number of aliphatic imine (C=N–C) groups is 1. The molecule has 0 aliphatic carbocycles. The van der Waals surface area contributed by atoms with Crippen LogP contribution in [0.5, 0.6) is 5.75 Å². The van der Waals surface area contributed by atoms with Gasteiger partial charge in [-0.15, -0.1) is 0 Å². The number of hydrogen-bond acceptors (Lipinski definition) is 5. The fourth-order valence-corrected chi connectivity index (χ4v) is 4.58. The van der Waals surface area contributed by atoms with Crippen molar-refractivity contribution in [1.29, 1.82) is 0 Å². The van der Waals surface area contributed by atoms with Crippen molar-refractivity contribution in [3.8, 4) is 17.1 Å². The Kier molecular flexibility index (Phi) is 6.41. The molecule has 2 aromatic carbocycles. The van der Waals surface area contributed by atoms with Crippen molar-refractivity contribution in [2.75, 3.05) is 13.7 Å². The molecule has 2 heterocycles. The van der Waals surface area contributed by atoms with Gasteiger partial charge < -0.3 is 9.15 Å². The van der Waals surface area contributed by atoms with E-state index in [1.165, 1.54) is 11.8 Å². The zero-order chi connectivity index (χ0) is 22.0. The van der Waals surface area contributed by atoms with Gasteiger partial charge in [0.25, 0.3) is 5.91 Å². The fourth-order valence-electron chi connectivity index (χ4n) is 3.03. The molecular formula is C23H18Cl2N2O3S. The van der Waals surface area contributed by atoms with Crippen molar-refractivity contribution in [3.63, 3.8) is 0 Å². The van der Waals surface area contributed by atoms with Gasteiger partial charge in [-0.1, -0.05) is 23.2 Å². The molecular weight excluding hydrogens is 455 g/mol. The van der Waals surface area contributed by atoms with Crippen molar-refractivity contribution in [3.05, 3.63) is 75.3 Å². The summed E-state index contributed by atoms with van der Waals surface area (Å²) in [6.07, 6.45) is 1.72. The highest BCUT2D eigenvalue weighted by molar-refractivity contribution is 8.18. The summed E-state index contributed by atoms with van der Waals surface area (Å²) in [6.45, 7) is 2.43. The number of carbonyl (C=O) groups excluding carboxylic acids is 1. The number of halogens is 2. The van der Waals surface area contributed by atoms with E-state index in [0.717, 1.165) is 17.0 Å². The van der Waals surface area contributed by atoms with Gasteiger partial charge in [-0.05, 0) is 73.3 Å². The first-order valence-electron chi connectivity index (χ1n) is 9.48. The highest BCUT2D eigenvalue weighted by Gasteiger charge is 2.32. The fraction of sp³-hybridized carbons (Fsp3) is 0.130. The third kappa shape index (κ3) is 4.66. The maximum atomic E-state index is 12.9. The van der Waals surface area contributed by atoms with E-state index >= 15 is 0 Å². The van der Waals surface area contributed by atoms with Crippen LogP contribution in [0, 0.1) is 0 Å². The Morgan fingerprint density at radius 1 is 1.13 bits per heavy atom. The molecule has 0 atom stereocenters. The van der Waals surface area contributed by atoms with E-state index in [1.807, 2.05) is 37.3 Å². The van der Waals surface area contributed by atoms with Crippen LogP contribution >= 0.6 is 35.0 Å². The number of methoxy groups -OCH3 is 1. The number of rotatable bonds is 5. The molecule has 31 heavy (non-hydrogen) atoms. The molecule has 1 saturated heterocycles. The Morgan fingerprint density at radius 3 is 2.58 bits per heavy atom. The van der Waals surface area contributed by atoms with Crippen molar-refractivity contribution < 1.29 is 13.9 Å². The number of likely N-dealkylation sites (N-methyl/N-ethyl adjacent to an activating group) is 1. The smallest absolute Gasteiger partial charge is 0.266 e. The van der Waals surface area contributed by atoms with E-state index in [-0.39, 0.29) is 5.91 Å². The molecule has 0 bridgehead atoms. The van der Waals surface area contributed by atoms with Crippen LogP contribution < -0.4 is 4.74 Å². The van der Waals surface area contributed by atoms with Crippen molar-refractivity contribution in [2.45, 2.75) is 6.92 Å². The lowest BCUT2D eigenvalue weighted by Gasteiger charge is -2.12. The van der Waals surface area contributed by atoms with Crippen LogP contribution in [0.1, 0.15) is 12.7 Å². The number of hydrogen-bond donors (Lipinski definition) is 0. The SMILES string of the molecule is CCN1C(=O)/C(=C/c2ccc(-c3ccc(Cl)cc3Cl)o2)SC1=Nc1ccc(OC)cc1. The highest BCUT2D eigenvalue weighted by Crippen LogP contribution is 2.36. The molecule has 3 aromatic rings. The lowest BCUT2D eigenvalue weighted by atomic mass is 10.2.